The summed E-state index contributed by atoms with van der Waals surface area (Å²) in [6.07, 6.45) is 1.52. The predicted octanol–water partition coefficient (Wildman–Crippen LogP) is 1.70. The lowest BCUT2D eigenvalue weighted by Crippen LogP contribution is -2.38. The molecule has 0 atom stereocenters. The summed E-state index contributed by atoms with van der Waals surface area (Å²) in [5.74, 6) is -1.48. The number of amides is 1. The predicted molar refractivity (Wildman–Crippen MR) is 94.8 cm³/mol. The largest absolute Gasteiger partial charge is 0.428 e. The van der Waals surface area contributed by atoms with Gasteiger partial charge >= 0.3 is 11.9 Å². The second-order valence-corrected chi connectivity index (χ2v) is 6.82. The number of ether oxygens (including phenoxy) is 2. The third-order valence-electron chi connectivity index (χ3n) is 4.42. The van der Waals surface area contributed by atoms with Gasteiger partial charge in [0.2, 0.25) is 12.7 Å². The van der Waals surface area contributed by atoms with Crippen LogP contribution in [0.1, 0.15) is 42.6 Å². The molecule has 0 saturated carbocycles. The Labute approximate surface area is 153 Å². The topological polar surface area (TPSA) is 98.9 Å². The van der Waals surface area contributed by atoms with Gasteiger partial charge in [0, 0.05) is 12.5 Å². The lowest BCUT2D eigenvalue weighted by atomic mass is 9.96. The van der Waals surface area contributed by atoms with E-state index in [-0.39, 0.29) is 24.5 Å². The Morgan fingerprint density at radius 3 is 2.50 bits per heavy atom. The fourth-order valence-electron chi connectivity index (χ4n) is 2.82. The number of hydrogen-bond acceptors (Lipinski definition) is 6. The minimum atomic E-state index is -0.532. The first-order chi connectivity index (χ1) is 12.4. The number of primary amides is 1. The zero-order chi connectivity index (χ0) is 19.1. The van der Waals surface area contributed by atoms with Gasteiger partial charge in [-0.25, -0.2) is 4.79 Å². The minimum Gasteiger partial charge on any atom is -0.428 e. The molecule has 142 valence electrons. The number of esters is 2. The second kappa shape index (κ2) is 9.33. The summed E-state index contributed by atoms with van der Waals surface area (Å²) >= 11 is 0. The molecule has 2 N–H and O–H groups in total. The molecule has 0 bridgehead atoms. The van der Waals surface area contributed by atoms with Crippen molar-refractivity contribution in [3.05, 3.63) is 35.4 Å². The van der Waals surface area contributed by atoms with Crippen molar-refractivity contribution in [2.45, 2.75) is 33.2 Å². The molecule has 1 aliphatic heterocycles. The lowest BCUT2D eigenvalue weighted by Gasteiger charge is -2.30. The Morgan fingerprint density at radius 1 is 1.19 bits per heavy atom. The van der Waals surface area contributed by atoms with E-state index in [0.29, 0.717) is 12.1 Å². The molecule has 26 heavy (non-hydrogen) atoms. The molecule has 1 amide bonds. The standard InChI is InChI=1S/C19H26N2O5/c1-13(2)18(23)25-12-26-19(24)16-5-3-4-14(10-16)11-21-8-6-15(7-9-21)17(20)22/h3-5,10,13,15H,6-9,11-12H2,1-2H3,(H2,20,22). The molecule has 1 saturated heterocycles. The molecule has 0 spiro atoms. The Morgan fingerprint density at radius 2 is 1.88 bits per heavy atom. The smallest absolute Gasteiger partial charge is 0.341 e. The summed E-state index contributed by atoms with van der Waals surface area (Å²) < 4.78 is 9.84. The van der Waals surface area contributed by atoms with Gasteiger partial charge in [-0.1, -0.05) is 26.0 Å². The monoisotopic (exact) mass is 362 g/mol. The quantitative estimate of drug-likeness (QED) is 0.585. The molecular weight excluding hydrogens is 336 g/mol. The van der Waals surface area contributed by atoms with E-state index in [2.05, 4.69) is 4.90 Å². The van der Waals surface area contributed by atoms with Crippen molar-refractivity contribution in [3.63, 3.8) is 0 Å². The fourth-order valence-corrected chi connectivity index (χ4v) is 2.82. The average Bonchev–Trinajstić information content (AvgIpc) is 2.62. The van der Waals surface area contributed by atoms with Gasteiger partial charge < -0.3 is 15.2 Å². The normalized spacial score (nSPS) is 15.7. The number of hydrogen-bond donors (Lipinski definition) is 1. The van der Waals surface area contributed by atoms with E-state index in [0.717, 1.165) is 31.5 Å². The van der Waals surface area contributed by atoms with Gasteiger partial charge in [-0.3, -0.25) is 14.5 Å². The van der Waals surface area contributed by atoms with E-state index in [1.807, 2.05) is 6.07 Å². The van der Waals surface area contributed by atoms with E-state index in [4.69, 9.17) is 15.2 Å². The Bertz CT molecular complexity index is 651. The maximum atomic E-state index is 12.1. The highest BCUT2D eigenvalue weighted by atomic mass is 16.7. The summed E-state index contributed by atoms with van der Waals surface area (Å²) in [6, 6.07) is 7.17. The van der Waals surface area contributed by atoms with Crippen molar-refractivity contribution >= 4 is 17.8 Å². The lowest BCUT2D eigenvalue weighted by molar-refractivity contribution is -0.155. The van der Waals surface area contributed by atoms with Crippen LogP contribution in [-0.4, -0.2) is 42.6 Å². The van der Waals surface area contributed by atoms with Gasteiger partial charge in [-0.05, 0) is 43.6 Å². The van der Waals surface area contributed by atoms with E-state index in [9.17, 15) is 14.4 Å². The first-order valence-electron chi connectivity index (χ1n) is 8.81. The highest BCUT2D eigenvalue weighted by Crippen LogP contribution is 2.19. The van der Waals surface area contributed by atoms with E-state index in [1.165, 1.54) is 0 Å². The third kappa shape index (κ3) is 5.84. The zero-order valence-electron chi connectivity index (χ0n) is 15.3. The first kappa shape index (κ1) is 19.9. The van der Waals surface area contributed by atoms with Crippen LogP contribution >= 0.6 is 0 Å². The second-order valence-electron chi connectivity index (χ2n) is 6.82. The summed E-state index contributed by atoms with van der Waals surface area (Å²) in [4.78, 5) is 36.9. The zero-order valence-corrected chi connectivity index (χ0v) is 15.3. The van der Waals surface area contributed by atoms with Crippen LogP contribution in [0.2, 0.25) is 0 Å². The van der Waals surface area contributed by atoms with Crippen molar-refractivity contribution in [1.29, 1.82) is 0 Å². The highest BCUT2D eigenvalue weighted by molar-refractivity contribution is 5.89. The summed E-state index contributed by atoms with van der Waals surface area (Å²) in [6.45, 7) is 5.32. The van der Waals surface area contributed by atoms with Gasteiger partial charge in [0.1, 0.15) is 0 Å². The van der Waals surface area contributed by atoms with Crippen LogP contribution in [0.4, 0.5) is 0 Å². The molecular formula is C19H26N2O5. The number of likely N-dealkylation sites (tertiary alicyclic amines) is 1. The maximum absolute atomic E-state index is 12.1. The van der Waals surface area contributed by atoms with Crippen molar-refractivity contribution in [2.75, 3.05) is 19.9 Å². The fraction of sp³-hybridized carbons (Fsp3) is 0.526. The van der Waals surface area contributed by atoms with Gasteiger partial charge in [0.15, 0.2) is 0 Å². The summed E-state index contributed by atoms with van der Waals surface area (Å²) in [5.41, 5.74) is 6.75. The van der Waals surface area contributed by atoms with Gasteiger partial charge in [0.25, 0.3) is 0 Å². The molecule has 1 heterocycles. The molecule has 7 heteroatoms. The molecule has 0 aliphatic carbocycles. The van der Waals surface area contributed by atoms with Crippen LogP contribution in [0, 0.1) is 11.8 Å². The van der Waals surface area contributed by atoms with Crippen LogP contribution in [0.3, 0.4) is 0 Å². The summed E-state index contributed by atoms with van der Waals surface area (Å²) in [5, 5.41) is 0. The number of rotatable bonds is 7. The van der Waals surface area contributed by atoms with Crippen LogP contribution in [0.5, 0.6) is 0 Å². The Hall–Kier alpha value is -2.41. The minimum absolute atomic E-state index is 0.0406. The van der Waals surface area contributed by atoms with Gasteiger partial charge in [-0.2, -0.15) is 0 Å². The van der Waals surface area contributed by atoms with Gasteiger partial charge in [0.05, 0.1) is 11.5 Å². The average molecular weight is 362 g/mol. The van der Waals surface area contributed by atoms with E-state index < -0.39 is 11.9 Å². The molecule has 7 nitrogen and oxygen atoms in total. The number of benzene rings is 1. The maximum Gasteiger partial charge on any atom is 0.341 e. The molecule has 0 radical (unpaired) electrons. The van der Waals surface area contributed by atoms with Crippen LogP contribution in [-0.2, 0) is 25.6 Å². The third-order valence-corrected chi connectivity index (χ3v) is 4.42. The SMILES string of the molecule is CC(C)C(=O)OCOC(=O)c1cccc(CN2CCC(C(N)=O)CC2)c1. The van der Waals surface area contributed by atoms with Crippen LogP contribution in [0.25, 0.3) is 0 Å². The Balaban J connectivity index is 1.84. The van der Waals surface area contributed by atoms with Crippen molar-refractivity contribution in [1.82, 2.24) is 4.90 Å². The molecule has 1 aromatic rings. The number of carbonyl (C=O) groups excluding carboxylic acids is 3. The number of carbonyl (C=O) groups is 3. The number of piperidine rings is 1. The van der Waals surface area contributed by atoms with Crippen LogP contribution in [0.15, 0.2) is 24.3 Å². The van der Waals surface area contributed by atoms with E-state index >= 15 is 0 Å². The number of nitrogens with zero attached hydrogens (tertiary/aromatic N) is 1. The molecule has 2 rings (SSSR count). The molecule has 0 unspecified atom stereocenters. The molecule has 1 fully saturated rings. The van der Waals surface area contributed by atoms with Crippen LogP contribution < -0.4 is 5.73 Å². The molecule has 0 aromatic heterocycles. The summed E-state index contributed by atoms with van der Waals surface area (Å²) in [7, 11) is 0. The first-order valence-corrected chi connectivity index (χ1v) is 8.81. The van der Waals surface area contributed by atoms with E-state index in [1.54, 1.807) is 32.0 Å². The van der Waals surface area contributed by atoms with Gasteiger partial charge in [-0.15, -0.1) is 0 Å². The number of nitrogens with two attached hydrogens (primary N) is 1. The Kier molecular flexibility index (Phi) is 7.15. The molecule has 1 aromatic carbocycles. The highest BCUT2D eigenvalue weighted by Gasteiger charge is 2.23. The molecule has 1 aliphatic rings. The van der Waals surface area contributed by atoms with Crippen molar-refractivity contribution in [3.8, 4) is 0 Å². The van der Waals surface area contributed by atoms with Crippen molar-refractivity contribution < 1.29 is 23.9 Å². The van der Waals surface area contributed by atoms with Crippen molar-refractivity contribution in [2.24, 2.45) is 17.6 Å².